The lowest BCUT2D eigenvalue weighted by atomic mass is 9.87. The van der Waals surface area contributed by atoms with Crippen LogP contribution in [0.5, 0.6) is 0 Å². The van der Waals surface area contributed by atoms with Crippen molar-refractivity contribution in [2.45, 2.75) is 19.3 Å². The molecule has 0 fully saturated rings. The summed E-state index contributed by atoms with van der Waals surface area (Å²) < 4.78 is 1.47. The van der Waals surface area contributed by atoms with Crippen molar-refractivity contribution in [2.24, 2.45) is 0 Å². The molecule has 0 amide bonds. The van der Waals surface area contributed by atoms with Crippen molar-refractivity contribution in [1.29, 1.82) is 0 Å². The fraction of sp³-hybridized carbons (Fsp3) is 0.300. The minimum absolute atomic E-state index is 0.454. The fourth-order valence-corrected chi connectivity index (χ4v) is 1.55. The van der Waals surface area contributed by atoms with E-state index in [1.165, 1.54) is 16.9 Å². The van der Waals surface area contributed by atoms with Crippen molar-refractivity contribution in [3.8, 4) is 0 Å². The molecule has 0 aliphatic rings. The monoisotopic (exact) mass is 239 g/mol. The van der Waals surface area contributed by atoms with Gasteiger partial charge in [-0.3, -0.25) is 4.79 Å². The summed E-state index contributed by atoms with van der Waals surface area (Å²) >= 11 is 5.77. The van der Waals surface area contributed by atoms with Crippen LogP contribution in [0.1, 0.15) is 19.4 Å². The number of carboxylic acid groups (broad SMARTS) is 1. The summed E-state index contributed by atoms with van der Waals surface area (Å²) in [6.45, 7) is 3.23. The molecule has 2 aromatic rings. The van der Waals surface area contributed by atoms with Crippen LogP contribution < -0.4 is 0 Å². The van der Waals surface area contributed by atoms with E-state index >= 15 is 0 Å². The van der Waals surface area contributed by atoms with Crippen LogP contribution in [0.15, 0.2) is 18.6 Å². The number of aromatic nitrogens is 3. The Morgan fingerprint density at radius 1 is 1.50 bits per heavy atom. The predicted molar refractivity (Wildman–Crippen MR) is 58.7 cm³/mol. The minimum Gasteiger partial charge on any atom is -0.481 e. The van der Waals surface area contributed by atoms with Gasteiger partial charge in [-0.05, 0) is 13.8 Å². The van der Waals surface area contributed by atoms with Gasteiger partial charge in [0.05, 0.1) is 22.8 Å². The molecule has 0 spiro atoms. The summed E-state index contributed by atoms with van der Waals surface area (Å²) in [5.74, 6) is -0.917. The third kappa shape index (κ3) is 1.53. The zero-order chi connectivity index (χ0) is 11.9. The van der Waals surface area contributed by atoms with E-state index in [1.807, 2.05) is 0 Å². The fourth-order valence-electron chi connectivity index (χ4n) is 1.41. The lowest BCUT2D eigenvalue weighted by molar-refractivity contribution is -0.142. The number of hydrogen-bond acceptors (Lipinski definition) is 3. The highest BCUT2D eigenvalue weighted by molar-refractivity contribution is 6.30. The molecule has 0 bridgehead atoms. The number of halogens is 1. The lowest BCUT2D eigenvalue weighted by Gasteiger charge is -2.16. The van der Waals surface area contributed by atoms with E-state index in [9.17, 15) is 4.79 Å². The smallest absolute Gasteiger partial charge is 0.313 e. The van der Waals surface area contributed by atoms with Gasteiger partial charge in [0.2, 0.25) is 0 Å². The zero-order valence-corrected chi connectivity index (χ0v) is 9.56. The Kier molecular flexibility index (Phi) is 2.35. The van der Waals surface area contributed by atoms with Gasteiger partial charge in [-0.1, -0.05) is 11.6 Å². The van der Waals surface area contributed by atoms with E-state index in [-0.39, 0.29) is 0 Å². The Morgan fingerprint density at radius 2 is 2.19 bits per heavy atom. The van der Waals surface area contributed by atoms with Gasteiger partial charge in [0.15, 0.2) is 5.65 Å². The average Bonchev–Trinajstić information content (AvgIpc) is 2.60. The van der Waals surface area contributed by atoms with Gasteiger partial charge < -0.3 is 5.11 Å². The molecule has 84 valence electrons. The first-order chi connectivity index (χ1) is 7.43. The van der Waals surface area contributed by atoms with Gasteiger partial charge in [-0.2, -0.15) is 5.10 Å². The van der Waals surface area contributed by atoms with Crippen LogP contribution in [-0.4, -0.2) is 25.7 Å². The number of rotatable bonds is 2. The molecule has 2 aromatic heterocycles. The van der Waals surface area contributed by atoms with E-state index in [1.54, 1.807) is 20.0 Å². The molecule has 5 nitrogen and oxygen atoms in total. The first kappa shape index (κ1) is 10.9. The summed E-state index contributed by atoms with van der Waals surface area (Å²) in [4.78, 5) is 15.2. The first-order valence-corrected chi connectivity index (χ1v) is 5.03. The third-order valence-electron chi connectivity index (χ3n) is 2.53. The summed E-state index contributed by atoms with van der Waals surface area (Å²) in [6, 6.07) is 0. The van der Waals surface area contributed by atoms with Crippen LogP contribution in [0.3, 0.4) is 0 Å². The number of fused-ring (bicyclic) bond motifs is 1. The van der Waals surface area contributed by atoms with Crippen LogP contribution in [-0.2, 0) is 10.2 Å². The largest absolute Gasteiger partial charge is 0.481 e. The molecule has 0 saturated heterocycles. The number of hydrogen-bond donors (Lipinski definition) is 1. The molecule has 2 rings (SSSR count). The molecule has 0 atom stereocenters. The Balaban J connectivity index is 2.67. The number of carboxylic acids is 1. The maximum Gasteiger partial charge on any atom is 0.313 e. The second-order valence-electron chi connectivity index (χ2n) is 4.03. The molecular formula is C10H10ClN3O2. The second kappa shape index (κ2) is 3.45. The maximum atomic E-state index is 11.1. The second-order valence-corrected chi connectivity index (χ2v) is 4.47. The normalized spacial score (nSPS) is 11.9. The topological polar surface area (TPSA) is 67.5 Å². The van der Waals surface area contributed by atoms with Crippen LogP contribution in [0.25, 0.3) is 5.65 Å². The van der Waals surface area contributed by atoms with Gasteiger partial charge in [-0.15, -0.1) is 0 Å². The zero-order valence-electron chi connectivity index (χ0n) is 8.81. The van der Waals surface area contributed by atoms with Crippen LogP contribution in [0.2, 0.25) is 5.02 Å². The van der Waals surface area contributed by atoms with Gasteiger partial charge in [0.1, 0.15) is 0 Å². The summed E-state index contributed by atoms with van der Waals surface area (Å²) in [5.41, 5.74) is 0.0521. The van der Waals surface area contributed by atoms with Crippen molar-refractivity contribution in [3.63, 3.8) is 0 Å². The third-order valence-corrected chi connectivity index (χ3v) is 2.73. The minimum atomic E-state index is -1.03. The standard InChI is InChI=1S/C10H10ClN3O2/c1-10(2,9(15)16)7-4-13-14-5-6(11)3-12-8(7)14/h3-5H,1-2H3,(H,15,16). The van der Waals surface area contributed by atoms with E-state index in [4.69, 9.17) is 16.7 Å². The Morgan fingerprint density at radius 3 is 2.81 bits per heavy atom. The number of aliphatic carboxylic acids is 1. The SMILES string of the molecule is CC(C)(C(=O)O)c1cnn2cc(Cl)cnc12. The lowest BCUT2D eigenvalue weighted by Crippen LogP contribution is -2.28. The van der Waals surface area contributed by atoms with E-state index < -0.39 is 11.4 Å². The van der Waals surface area contributed by atoms with E-state index in [0.29, 0.717) is 16.2 Å². The van der Waals surface area contributed by atoms with Crippen molar-refractivity contribution in [1.82, 2.24) is 14.6 Å². The highest BCUT2D eigenvalue weighted by atomic mass is 35.5. The maximum absolute atomic E-state index is 11.1. The highest BCUT2D eigenvalue weighted by Crippen LogP contribution is 2.26. The highest BCUT2D eigenvalue weighted by Gasteiger charge is 2.33. The number of carbonyl (C=O) groups is 1. The van der Waals surface area contributed by atoms with Crippen molar-refractivity contribution >= 4 is 23.2 Å². The van der Waals surface area contributed by atoms with E-state index in [2.05, 4.69) is 10.1 Å². The number of nitrogens with zero attached hydrogens (tertiary/aromatic N) is 3. The molecule has 1 N–H and O–H groups in total. The van der Waals surface area contributed by atoms with Crippen molar-refractivity contribution in [3.05, 3.63) is 29.2 Å². The molecule has 16 heavy (non-hydrogen) atoms. The van der Waals surface area contributed by atoms with E-state index in [0.717, 1.165) is 0 Å². The van der Waals surface area contributed by atoms with Gasteiger partial charge >= 0.3 is 5.97 Å². The summed E-state index contributed by atoms with van der Waals surface area (Å²) in [5, 5.41) is 13.6. The van der Waals surface area contributed by atoms with Crippen LogP contribution in [0.4, 0.5) is 0 Å². The van der Waals surface area contributed by atoms with Crippen LogP contribution >= 0.6 is 11.6 Å². The molecule has 0 aliphatic carbocycles. The molecular weight excluding hydrogens is 230 g/mol. The first-order valence-electron chi connectivity index (χ1n) is 4.65. The predicted octanol–water partition coefficient (Wildman–Crippen LogP) is 1.74. The molecule has 0 radical (unpaired) electrons. The Hall–Kier alpha value is -1.62. The molecule has 0 unspecified atom stereocenters. The van der Waals surface area contributed by atoms with Crippen LogP contribution in [0, 0.1) is 0 Å². The molecule has 0 aromatic carbocycles. The molecule has 6 heteroatoms. The Labute approximate surface area is 96.7 Å². The average molecular weight is 240 g/mol. The Bertz CT molecular complexity index is 562. The van der Waals surface area contributed by atoms with Gasteiger partial charge in [-0.25, -0.2) is 9.50 Å². The molecule has 0 saturated carbocycles. The quantitative estimate of drug-likeness (QED) is 0.867. The van der Waals surface area contributed by atoms with Gasteiger partial charge in [0.25, 0.3) is 0 Å². The summed E-state index contributed by atoms with van der Waals surface area (Å²) in [6.07, 6.45) is 4.57. The molecule has 0 aliphatic heterocycles. The van der Waals surface area contributed by atoms with Crippen molar-refractivity contribution in [2.75, 3.05) is 0 Å². The van der Waals surface area contributed by atoms with Crippen molar-refractivity contribution < 1.29 is 9.90 Å². The summed E-state index contributed by atoms with van der Waals surface area (Å²) in [7, 11) is 0. The molecule has 2 heterocycles. The van der Waals surface area contributed by atoms with Gasteiger partial charge in [0, 0.05) is 11.8 Å².